The van der Waals surface area contributed by atoms with E-state index in [1.165, 1.54) is 19.2 Å². The van der Waals surface area contributed by atoms with E-state index < -0.39 is 26.5 Å². The van der Waals surface area contributed by atoms with Crippen LogP contribution in [0.25, 0.3) is 0 Å². The summed E-state index contributed by atoms with van der Waals surface area (Å²) in [6.07, 6.45) is 0.523. The molecule has 0 unspecified atom stereocenters. The van der Waals surface area contributed by atoms with E-state index >= 15 is 0 Å². The average molecular weight is 276 g/mol. The van der Waals surface area contributed by atoms with Crippen molar-refractivity contribution in [2.24, 2.45) is 0 Å². The summed E-state index contributed by atoms with van der Waals surface area (Å²) >= 11 is 0. The van der Waals surface area contributed by atoms with Gasteiger partial charge in [-0.25, -0.2) is 12.8 Å². The van der Waals surface area contributed by atoms with Crippen molar-refractivity contribution >= 4 is 15.8 Å². The van der Waals surface area contributed by atoms with Gasteiger partial charge in [-0.15, -0.1) is 0 Å². The van der Waals surface area contributed by atoms with Crippen molar-refractivity contribution in [3.63, 3.8) is 0 Å². The number of rotatable bonds is 5. The van der Waals surface area contributed by atoms with Crippen molar-refractivity contribution in [3.8, 4) is 5.75 Å². The molecule has 1 aromatic rings. The highest BCUT2D eigenvalue weighted by Crippen LogP contribution is 2.29. The van der Waals surface area contributed by atoms with E-state index in [1.807, 2.05) is 0 Å². The molecule has 100 valence electrons. The van der Waals surface area contributed by atoms with Crippen LogP contribution in [0.1, 0.15) is 12.0 Å². The number of aryl methyl sites for hydroxylation is 1. The molecule has 1 aromatic carbocycles. The number of hydrogen-bond donors (Lipinski definition) is 1. The zero-order chi connectivity index (χ0) is 13.9. The second-order valence-electron chi connectivity index (χ2n) is 3.74. The minimum absolute atomic E-state index is 0.0404. The number of sulfone groups is 1. The molecule has 0 fully saturated rings. The van der Waals surface area contributed by atoms with E-state index in [-0.39, 0.29) is 24.2 Å². The summed E-state index contributed by atoms with van der Waals surface area (Å²) in [4.78, 5) is 9.89. The maximum absolute atomic E-state index is 14.0. The van der Waals surface area contributed by atoms with E-state index in [4.69, 9.17) is 9.84 Å². The Morgan fingerprint density at radius 2 is 2.06 bits per heavy atom. The Hall–Kier alpha value is -1.63. The number of carbonyl (C=O) groups is 1. The molecule has 0 bridgehead atoms. The van der Waals surface area contributed by atoms with Gasteiger partial charge in [0.2, 0.25) is 0 Å². The van der Waals surface area contributed by atoms with Crippen molar-refractivity contribution in [3.05, 3.63) is 23.5 Å². The first kappa shape index (κ1) is 14.4. The van der Waals surface area contributed by atoms with Crippen molar-refractivity contribution in [2.75, 3.05) is 13.4 Å². The molecular formula is C11H13FO5S. The van der Waals surface area contributed by atoms with Crippen molar-refractivity contribution in [1.82, 2.24) is 0 Å². The first-order valence-corrected chi connectivity index (χ1v) is 6.93. The molecule has 5 nitrogen and oxygen atoms in total. The summed E-state index contributed by atoms with van der Waals surface area (Å²) in [5, 5.41) is 8.53. The van der Waals surface area contributed by atoms with Crippen LogP contribution in [0.4, 0.5) is 4.39 Å². The van der Waals surface area contributed by atoms with Crippen LogP contribution in [-0.4, -0.2) is 32.9 Å². The summed E-state index contributed by atoms with van der Waals surface area (Å²) in [5.74, 6) is -2.11. The topological polar surface area (TPSA) is 80.7 Å². The van der Waals surface area contributed by atoms with Crippen LogP contribution in [0, 0.1) is 5.82 Å². The molecule has 0 saturated heterocycles. The number of methoxy groups -OCH3 is 1. The number of carboxylic acids is 1. The number of halogens is 1. The second kappa shape index (κ2) is 5.34. The third-order valence-corrected chi connectivity index (χ3v) is 3.46. The smallest absolute Gasteiger partial charge is 0.303 e. The molecule has 0 aliphatic carbocycles. The third kappa shape index (κ3) is 3.19. The Labute approximate surface area is 104 Å². The molecule has 0 atom stereocenters. The van der Waals surface area contributed by atoms with Gasteiger partial charge in [0.05, 0.1) is 7.11 Å². The summed E-state index contributed by atoms with van der Waals surface area (Å²) in [7, 11) is -2.55. The summed E-state index contributed by atoms with van der Waals surface area (Å²) in [6.45, 7) is 0. The summed E-state index contributed by atoms with van der Waals surface area (Å²) < 4.78 is 41.8. The molecule has 0 saturated carbocycles. The van der Waals surface area contributed by atoms with E-state index in [0.29, 0.717) is 0 Å². The lowest BCUT2D eigenvalue weighted by Crippen LogP contribution is -2.08. The van der Waals surface area contributed by atoms with Gasteiger partial charge in [0.15, 0.2) is 9.84 Å². The van der Waals surface area contributed by atoms with E-state index in [2.05, 4.69) is 0 Å². The normalized spacial score (nSPS) is 11.3. The Morgan fingerprint density at radius 1 is 1.44 bits per heavy atom. The Balaban J connectivity index is 3.30. The molecule has 1 N–H and O–H groups in total. The van der Waals surface area contributed by atoms with Gasteiger partial charge in [0, 0.05) is 12.7 Å². The number of benzene rings is 1. The highest BCUT2D eigenvalue weighted by Gasteiger charge is 2.22. The molecule has 0 aliphatic heterocycles. The maximum atomic E-state index is 14.0. The zero-order valence-corrected chi connectivity index (χ0v) is 10.8. The fourth-order valence-electron chi connectivity index (χ4n) is 1.52. The molecule has 0 amide bonds. The first-order valence-electron chi connectivity index (χ1n) is 5.04. The van der Waals surface area contributed by atoms with E-state index in [9.17, 15) is 17.6 Å². The highest BCUT2D eigenvalue weighted by atomic mass is 32.2. The molecule has 0 aliphatic rings. The van der Waals surface area contributed by atoms with E-state index in [0.717, 1.165) is 6.26 Å². The maximum Gasteiger partial charge on any atom is 0.303 e. The van der Waals surface area contributed by atoms with Gasteiger partial charge >= 0.3 is 5.97 Å². The Morgan fingerprint density at radius 3 is 2.50 bits per heavy atom. The lowest BCUT2D eigenvalue weighted by Gasteiger charge is -2.11. The van der Waals surface area contributed by atoms with Crippen LogP contribution in [0.15, 0.2) is 17.0 Å². The van der Waals surface area contributed by atoms with Crippen LogP contribution in [0.3, 0.4) is 0 Å². The first-order chi connectivity index (χ1) is 8.27. The van der Waals surface area contributed by atoms with Gasteiger partial charge in [0.25, 0.3) is 0 Å². The van der Waals surface area contributed by atoms with Crippen molar-refractivity contribution in [1.29, 1.82) is 0 Å². The van der Waals surface area contributed by atoms with Gasteiger partial charge in [-0.1, -0.05) is 6.07 Å². The van der Waals surface area contributed by atoms with Gasteiger partial charge in [-0.05, 0) is 18.1 Å². The largest absolute Gasteiger partial charge is 0.495 e. The van der Waals surface area contributed by atoms with Gasteiger partial charge in [-0.2, -0.15) is 0 Å². The SMILES string of the molecule is COc1ccc(CCC(=O)O)c(F)c1S(C)(=O)=O. The predicted octanol–water partition coefficient (Wildman–Crippen LogP) is 1.26. The molecule has 0 aromatic heterocycles. The van der Waals surface area contributed by atoms with Crippen LogP contribution in [-0.2, 0) is 21.1 Å². The molecule has 18 heavy (non-hydrogen) atoms. The summed E-state index contributed by atoms with van der Waals surface area (Å²) in [5.41, 5.74) is 0.0404. The number of ether oxygens (including phenoxy) is 1. The Kier molecular flexibility index (Phi) is 4.28. The molecule has 0 radical (unpaired) electrons. The number of carboxylic acid groups (broad SMARTS) is 1. The minimum Gasteiger partial charge on any atom is -0.495 e. The molecule has 7 heteroatoms. The van der Waals surface area contributed by atoms with Crippen molar-refractivity contribution < 1.29 is 27.4 Å². The highest BCUT2D eigenvalue weighted by molar-refractivity contribution is 7.90. The molecule has 0 spiro atoms. The lowest BCUT2D eigenvalue weighted by molar-refractivity contribution is -0.136. The van der Waals surface area contributed by atoms with Crippen LogP contribution < -0.4 is 4.74 Å². The number of hydrogen-bond acceptors (Lipinski definition) is 4. The molecule has 1 rings (SSSR count). The van der Waals surface area contributed by atoms with Gasteiger partial charge in [0.1, 0.15) is 16.5 Å². The third-order valence-electron chi connectivity index (χ3n) is 2.34. The molecule has 0 heterocycles. The van der Waals surface area contributed by atoms with Gasteiger partial charge in [-0.3, -0.25) is 4.79 Å². The molecular weight excluding hydrogens is 263 g/mol. The fraction of sp³-hybridized carbons (Fsp3) is 0.364. The fourth-order valence-corrected chi connectivity index (χ4v) is 2.49. The van der Waals surface area contributed by atoms with E-state index in [1.54, 1.807) is 0 Å². The quantitative estimate of drug-likeness (QED) is 0.875. The minimum atomic E-state index is -3.78. The average Bonchev–Trinajstić information content (AvgIpc) is 2.24. The number of aliphatic carboxylic acids is 1. The monoisotopic (exact) mass is 276 g/mol. The van der Waals surface area contributed by atoms with Gasteiger partial charge < -0.3 is 9.84 Å². The van der Waals surface area contributed by atoms with Crippen molar-refractivity contribution in [2.45, 2.75) is 17.7 Å². The van der Waals surface area contributed by atoms with Crippen LogP contribution in [0.2, 0.25) is 0 Å². The lowest BCUT2D eigenvalue weighted by atomic mass is 10.1. The second-order valence-corrected chi connectivity index (χ2v) is 5.69. The zero-order valence-electron chi connectivity index (χ0n) is 9.94. The van der Waals surface area contributed by atoms with Crippen LogP contribution in [0.5, 0.6) is 5.75 Å². The standard InChI is InChI=1S/C11H13FO5S/c1-17-8-5-3-7(4-6-9(13)14)10(12)11(8)18(2,15)16/h3,5H,4,6H2,1-2H3,(H,13,14). The summed E-state index contributed by atoms with van der Waals surface area (Å²) in [6, 6.07) is 2.64. The Bertz CT molecular complexity index is 565. The predicted molar refractivity (Wildman–Crippen MR) is 62.0 cm³/mol. The van der Waals surface area contributed by atoms with Crippen LogP contribution >= 0.6 is 0 Å².